The fourth-order valence-corrected chi connectivity index (χ4v) is 3.03. The molecule has 0 aromatic carbocycles. The Kier molecular flexibility index (Phi) is 22.9. The van der Waals surface area contributed by atoms with E-state index >= 15 is 0 Å². The Hall–Kier alpha value is -0.610. The lowest BCUT2D eigenvalue weighted by molar-refractivity contribution is -0.145. The Bertz CT molecular complexity index is 294. The molecular weight excluding hydrogens is 340 g/mol. The second kappa shape index (κ2) is 23.4. The Labute approximate surface area is 168 Å². The van der Waals surface area contributed by atoms with E-state index in [-0.39, 0.29) is 5.97 Å². The van der Waals surface area contributed by atoms with Gasteiger partial charge in [-0.2, -0.15) is 0 Å². The number of esters is 1. The molecule has 0 aromatic heterocycles. The van der Waals surface area contributed by atoms with Crippen molar-refractivity contribution in [2.45, 2.75) is 110 Å². The third-order valence-electron chi connectivity index (χ3n) is 4.71. The van der Waals surface area contributed by atoms with E-state index in [2.05, 4.69) is 6.92 Å². The van der Waals surface area contributed by atoms with Crippen LogP contribution in [0.1, 0.15) is 110 Å². The Morgan fingerprint density at radius 3 is 1.48 bits per heavy atom. The molecule has 0 aliphatic rings. The van der Waals surface area contributed by atoms with Crippen molar-refractivity contribution in [2.75, 3.05) is 33.0 Å². The fourth-order valence-electron chi connectivity index (χ4n) is 3.03. The molecule has 0 N–H and O–H groups in total. The smallest absolute Gasteiger partial charge is 0.305 e. The van der Waals surface area contributed by atoms with Gasteiger partial charge in [0, 0.05) is 13.0 Å². The topological polar surface area (TPSA) is 44.8 Å². The number of rotatable bonds is 22. The van der Waals surface area contributed by atoms with Crippen LogP contribution in [0.15, 0.2) is 0 Å². The van der Waals surface area contributed by atoms with Crippen molar-refractivity contribution in [3.05, 3.63) is 0 Å². The van der Waals surface area contributed by atoms with Gasteiger partial charge in [0.25, 0.3) is 0 Å². The Morgan fingerprint density at radius 2 is 0.963 bits per heavy atom. The van der Waals surface area contributed by atoms with Crippen molar-refractivity contribution in [1.29, 1.82) is 0 Å². The minimum atomic E-state index is -0.139. The molecule has 0 aromatic rings. The van der Waals surface area contributed by atoms with Crippen LogP contribution in [0.25, 0.3) is 0 Å². The first-order valence-electron chi connectivity index (χ1n) is 11.6. The van der Waals surface area contributed by atoms with Gasteiger partial charge in [-0.3, -0.25) is 4.79 Å². The summed E-state index contributed by atoms with van der Waals surface area (Å²) in [7, 11) is 0. The highest BCUT2D eigenvalue weighted by molar-refractivity contribution is 5.69. The van der Waals surface area contributed by atoms with Crippen LogP contribution in [0.2, 0.25) is 0 Å². The molecule has 162 valence electrons. The Morgan fingerprint density at radius 1 is 0.519 bits per heavy atom. The summed E-state index contributed by atoms with van der Waals surface area (Å²) in [6.45, 7) is 7.07. The van der Waals surface area contributed by atoms with Gasteiger partial charge in [0.15, 0.2) is 0 Å². The molecule has 0 spiro atoms. The first-order chi connectivity index (χ1) is 13.3. The minimum absolute atomic E-state index is 0.139. The maximum Gasteiger partial charge on any atom is 0.305 e. The number of carbonyl (C=O) groups is 1. The van der Waals surface area contributed by atoms with Crippen LogP contribution in [0.5, 0.6) is 0 Å². The Balaban J connectivity index is 3.02. The molecule has 0 atom stereocenters. The maximum absolute atomic E-state index is 11.1. The summed E-state index contributed by atoms with van der Waals surface area (Å²) >= 11 is 0. The maximum atomic E-state index is 11.1. The van der Waals surface area contributed by atoms with Gasteiger partial charge in [-0.05, 0) is 12.8 Å². The number of hydrogen-bond donors (Lipinski definition) is 0. The van der Waals surface area contributed by atoms with Gasteiger partial charge >= 0.3 is 5.97 Å². The van der Waals surface area contributed by atoms with Gasteiger partial charge in [-0.1, -0.05) is 90.9 Å². The highest BCUT2D eigenvalue weighted by Gasteiger charge is 1.99. The third-order valence-corrected chi connectivity index (χ3v) is 4.71. The normalized spacial score (nSPS) is 11.0. The molecule has 0 rings (SSSR count). The average Bonchev–Trinajstić information content (AvgIpc) is 2.66. The standard InChI is InChI=1S/C23H46O4/c1-3-5-6-7-8-9-10-11-12-13-14-15-16-18-25-19-20-26-21-22-27-23(24)17-4-2/h3-22H2,1-2H3. The zero-order chi connectivity index (χ0) is 19.8. The summed E-state index contributed by atoms with van der Waals surface area (Å²) in [5.74, 6) is -0.139. The van der Waals surface area contributed by atoms with Gasteiger partial charge in [0.1, 0.15) is 6.61 Å². The lowest BCUT2D eigenvalue weighted by Crippen LogP contribution is -2.12. The summed E-state index contributed by atoms with van der Waals surface area (Å²) in [5, 5.41) is 0. The van der Waals surface area contributed by atoms with Crippen LogP contribution in [-0.2, 0) is 19.0 Å². The van der Waals surface area contributed by atoms with E-state index in [0.29, 0.717) is 32.8 Å². The van der Waals surface area contributed by atoms with E-state index in [1.807, 2.05) is 6.92 Å². The van der Waals surface area contributed by atoms with E-state index in [9.17, 15) is 4.79 Å². The van der Waals surface area contributed by atoms with E-state index < -0.39 is 0 Å². The lowest BCUT2D eigenvalue weighted by atomic mass is 10.0. The van der Waals surface area contributed by atoms with Gasteiger partial charge in [0.2, 0.25) is 0 Å². The van der Waals surface area contributed by atoms with Gasteiger partial charge in [-0.15, -0.1) is 0 Å². The third kappa shape index (κ3) is 23.4. The van der Waals surface area contributed by atoms with Crippen molar-refractivity contribution in [2.24, 2.45) is 0 Å². The van der Waals surface area contributed by atoms with E-state index in [4.69, 9.17) is 14.2 Å². The predicted octanol–water partition coefficient (Wildman–Crippen LogP) is 6.45. The molecule has 0 unspecified atom stereocenters. The van der Waals surface area contributed by atoms with Crippen LogP contribution in [-0.4, -0.2) is 39.0 Å². The largest absolute Gasteiger partial charge is 0.463 e. The van der Waals surface area contributed by atoms with Crippen LogP contribution in [0, 0.1) is 0 Å². The predicted molar refractivity (Wildman–Crippen MR) is 113 cm³/mol. The van der Waals surface area contributed by atoms with Crippen molar-refractivity contribution < 1.29 is 19.0 Å². The van der Waals surface area contributed by atoms with Gasteiger partial charge in [-0.25, -0.2) is 0 Å². The summed E-state index contributed by atoms with van der Waals surface area (Å²) in [6.07, 6.45) is 19.1. The lowest BCUT2D eigenvalue weighted by Gasteiger charge is -2.07. The molecule has 0 aliphatic heterocycles. The quantitative estimate of drug-likeness (QED) is 0.158. The number of hydrogen-bond acceptors (Lipinski definition) is 4. The molecule has 0 aliphatic carbocycles. The van der Waals surface area contributed by atoms with Gasteiger partial charge < -0.3 is 14.2 Å². The first-order valence-corrected chi connectivity index (χ1v) is 11.6. The van der Waals surface area contributed by atoms with Crippen LogP contribution >= 0.6 is 0 Å². The number of unbranched alkanes of at least 4 members (excludes halogenated alkanes) is 12. The number of ether oxygens (including phenoxy) is 3. The minimum Gasteiger partial charge on any atom is -0.463 e. The zero-order valence-electron chi connectivity index (χ0n) is 18.3. The molecule has 0 saturated carbocycles. The van der Waals surface area contributed by atoms with Crippen molar-refractivity contribution in [1.82, 2.24) is 0 Å². The summed E-state index contributed by atoms with van der Waals surface area (Å²) in [5.41, 5.74) is 0. The van der Waals surface area contributed by atoms with Gasteiger partial charge in [0.05, 0.1) is 19.8 Å². The van der Waals surface area contributed by atoms with Crippen molar-refractivity contribution >= 4 is 5.97 Å². The monoisotopic (exact) mass is 386 g/mol. The van der Waals surface area contributed by atoms with Crippen molar-refractivity contribution in [3.8, 4) is 0 Å². The first kappa shape index (κ1) is 26.4. The molecule has 0 bridgehead atoms. The van der Waals surface area contributed by atoms with Crippen LogP contribution < -0.4 is 0 Å². The summed E-state index contributed by atoms with van der Waals surface area (Å²) in [4.78, 5) is 11.1. The molecular formula is C23H46O4. The molecule has 0 saturated heterocycles. The molecule has 4 heteroatoms. The summed E-state index contributed by atoms with van der Waals surface area (Å²) < 4.78 is 16.0. The van der Waals surface area contributed by atoms with E-state index in [1.165, 1.54) is 77.0 Å². The SMILES string of the molecule is CCCCCCCCCCCCCCCOCCOCCOC(=O)CCC. The summed E-state index contributed by atoms with van der Waals surface area (Å²) in [6, 6.07) is 0. The molecule has 27 heavy (non-hydrogen) atoms. The number of carbonyl (C=O) groups excluding carboxylic acids is 1. The highest BCUT2D eigenvalue weighted by atomic mass is 16.6. The molecule has 0 fully saturated rings. The molecule has 0 radical (unpaired) electrons. The molecule has 0 heterocycles. The van der Waals surface area contributed by atoms with Crippen LogP contribution in [0.4, 0.5) is 0 Å². The molecule has 0 amide bonds. The van der Waals surface area contributed by atoms with E-state index in [0.717, 1.165) is 19.4 Å². The average molecular weight is 387 g/mol. The van der Waals surface area contributed by atoms with Crippen LogP contribution in [0.3, 0.4) is 0 Å². The molecule has 4 nitrogen and oxygen atoms in total. The van der Waals surface area contributed by atoms with E-state index in [1.54, 1.807) is 0 Å². The highest BCUT2D eigenvalue weighted by Crippen LogP contribution is 2.12. The van der Waals surface area contributed by atoms with Crippen molar-refractivity contribution in [3.63, 3.8) is 0 Å². The zero-order valence-corrected chi connectivity index (χ0v) is 18.3. The second-order valence-electron chi connectivity index (χ2n) is 7.44. The second-order valence-corrected chi connectivity index (χ2v) is 7.44. The fraction of sp³-hybridized carbons (Fsp3) is 0.957.